The molecule has 0 heterocycles. The average molecular weight is 496 g/mol. The van der Waals surface area contributed by atoms with Gasteiger partial charge in [-0.15, -0.1) is 0 Å². The molecule has 0 atom stereocenters. The second-order valence-corrected chi connectivity index (χ2v) is 9.21. The fourth-order valence-electron chi connectivity index (χ4n) is 4.25. The molecule has 0 saturated heterocycles. The standard InChI is InChI=1S/C35H29NO2/c1-26-8-18-31(19-9-26)36(32-20-14-27(15-21-32)10-12-29-4-2-6-34(37)24-29)33-22-16-28(17-23-33)11-13-30-5-3-7-35(38)25-30/h2-25,37-38H,1H3. The largest absolute Gasteiger partial charge is 0.508 e. The van der Waals surface area contributed by atoms with Crippen LogP contribution in [0, 0.1) is 6.92 Å². The molecule has 0 aromatic heterocycles. The monoisotopic (exact) mass is 495 g/mol. The van der Waals surface area contributed by atoms with E-state index in [1.807, 2.05) is 48.6 Å². The predicted octanol–water partition coefficient (Wildman–Crippen LogP) is 9.22. The Morgan fingerprint density at radius 3 is 1.21 bits per heavy atom. The number of benzene rings is 5. The molecular formula is C35H29NO2. The fraction of sp³-hybridized carbons (Fsp3) is 0.0286. The number of hydrogen-bond acceptors (Lipinski definition) is 3. The summed E-state index contributed by atoms with van der Waals surface area (Å²) in [5, 5.41) is 19.4. The van der Waals surface area contributed by atoms with Crippen molar-refractivity contribution in [3.8, 4) is 11.5 Å². The van der Waals surface area contributed by atoms with E-state index in [1.165, 1.54) is 5.56 Å². The van der Waals surface area contributed by atoms with Crippen LogP contribution in [0.4, 0.5) is 17.1 Å². The molecule has 5 rings (SSSR count). The Bertz CT molecular complexity index is 1470. The first-order valence-electron chi connectivity index (χ1n) is 12.5. The van der Waals surface area contributed by atoms with E-state index in [9.17, 15) is 10.2 Å². The van der Waals surface area contributed by atoms with E-state index >= 15 is 0 Å². The molecule has 0 unspecified atom stereocenters. The minimum absolute atomic E-state index is 0.261. The van der Waals surface area contributed by atoms with Crippen LogP contribution < -0.4 is 4.90 Å². The summed E-state index contributed by atoms with van der Waals surface area (Å²) in [7, 11) is 0. The van der Waals surface area contributed by atoms with Crippen molar-refractivity contribution in [3.63, 3.8) is 0 Å². The van der Waals surface area contributed by atoms with E-state index in [2.05, 4.69) is 84.6 Å². The van der Waals surface area contributed by atoms with Gasteiger partial charge in [-0.25, -0.2) is 0 Å². The van der Waals surface area contributed by atoms with Gasteiger partial charge < -0.3 is 15.1 Å². The molecule has 2 N–H and O–H groups in total. The van der Waals surface area contributed by atoms with Gasteiger partial charge in [-0.05, 0) is 89.8 Å². The van der Waals surface area contributed by atoms with Gasteiger partial charge in [0.05, 0.1) is 0 Å². The summed E-state index contributed by atoms with van der Waals surface area (Å²) in [5.41, 5.74) is 8.48. The van der Waals surface area contributed by atoms with Crippen LogP contribution in [0.15, 0.2) is 121 Å². The first-order valence-corrected chi connectivity index (χ1v) is 12.5. The molecule has 0 spiro atoms. The number of aryl methyl sites for hydroxylation is 1. The first kappa shape index (κ1) is 24.7. The zero-order valence-electron chi connectivity index (χ0n) is 21.2. The molecular weight excluding hydrogens is 466 g/mol. The second kappa shape index (κ2) is 11.4. The van der Waals surface area contributed by atoms with Gasteiger partial charge in [0, 0.05) is 17.1 Å². The number of rotatable bonds is 7. The highest BCUT2D eigenvalue weighted by atomic mass is 16.3. The summed E-state index contributed by atoms with van der Waals surface area (Å²) < 4.78 is 0. The Morgan fingerprint density at radius 2 is 0.816 bits per heavy atom. The molecule has 0 aliphatic carbocycles. The molecule has 3 heteroatoms. The summed E-state index contributed by atoms with van der Waals surface area (Å²) in [4.78, 5) is 2.24. The van der Waals surface area contributed by atoms with Crippen molar-refractivity contribution in [2.45, 2.75) is 6.92 Å². The molecule has 38 heavy (non-hydrogen) atoms. The molecule has 0 radical (unpaired) electrons. The maximum absolute atomic E-state index is 9.70. The molecule has 0 fully saturated rings. The van der Waals surface area contributed by atoms with E-state index in [-0.39, 0.29) is 11.5 Å². The van der Waals surface area contributed by atoms with Crippen molar-refractivity contribution in [2.24, 2.45) is 0 Å². The number of aromatic hydroxyl groups is 2. The predicted molar refractivity (Wildman–Crippen MR) is 160 cm³/mol. The summed E-state index contributed by atoms with van der Waals surface area (Å²) in [5.74, 6) is 0.522. The Morgan fingerprint density at radius 1 is 0.447 bits per heavy atom. The highest BCUT2D eigenvalue weighted by molar-refractivity contribution is 5.79. The van der Waals surface area contributed by atoms with Crippen molar-refractivity contribution in [1.29, 1.82) is 0 Å². The Hall–Kier alpha value is -5.02. The number of hydrogen-bond donors (Lipinski definition) is 2. The van der Waals surface area contributed by atoms with E-state index in [1.54, 1.807) is 24.3 Å². The van der Waals surface area contributed by atoms with Crippen LogP contribution in [0.5, 0.6) is 11.5 Å². The zero-order chi connectivity index (χ0) is 26.3. The number of phenolic OH excluding ortho intramolecular Hbond substituents is 2. The Balaban J connectivity index is 1.41. The van der Waals surface area contributed by atoms with E-state index in [4.69, 9.17) is 0 Å². The SMILES string of the molecule is Cc1ccc(N(c2ccc(C=Cc3cccc(O)c3)cc2)c2ccc(C=Cc3cccc(O)c3)cc2)cc1. The molecule has 0 amide bonds. The summed E-state index contributed by atoms with van der Waals surface area (Å²) >= 11 is 0. The van der Waals surface area contributed by atoms with Gasteiger partial charge in [-0.1, -0.05) is 90.5 Å². The number of phenols is 2. The van der Waals surface area contributed by atoms with Crippen LogP contribution in [0.25, 0.3) is 24.3 Å². The molecule has 0 aliphatic rings. The van der Waals surface area contributed by atoms with Crippen LogP contribution in [-0.2, 0) is 0 Å². The fourth-order valence-corrected chi connectivity index (χ4v) is 4.25. The molecule has 0 bridgehead atoms. The first-order chi connectivity index (χ1) is 18.5. The van der Waals surface area contributed by atoms with Crippen LogP contribution in [0.3, 0.4) is 0 Å². The van der Waals surface area contributed by atoms with Crippen molar-refractivity contribution >= 4 is 41.4 Å². The van der Waals surface area contributed by atoms with Gasteiger partial charge in [-0.3, -0.25) is 0 Å². The molecule has 5 aromatic carbocycles. The van der Waals surface area contributed by atoms with Gasteiger partial charge in [0.25, 0.3) is 0 Å². The van der Waals surface area contributed by atoms with Crippen molar-refractivity contribution in [2.75, 3.05) is 4.90 Å². The maximum Gasteiger partial charge on any atom is 0.116 e. The van der Waals surface area contributed by atoms with Crippen LogP contribution >= 0.6 is 0 Å². The highest BCUT2D eigenvalue weighted by Gasteiger charge is 2.12. The minimum atomic E-state index is 0.261. The normalized spacial score (nSPS) is 11.3. The highest BCUT2D eigenvalue weighted by Crippen LogP contribution is 2.35. The van der Waals surface area contributed by atoms with Gasteiger partial charge in [0.2, 0.25) is 0 Å². The van der Waals surface area contributed by atoms with E-state index < -0.39 is 0 Å². The van der Waals surface area contributed by atoms with Crippen molar-refractivity contribution in [1.82, 2.24) is 0 Å². The molecule has 3 nitrogen and oxygen atoms in total. The second-order valence-electron chi connectivity index (χ2n) is 9.21. The molecule has 0 saturated carbocycles. The third-order valence-corrected chi connectivity index (χ3v) is 6.27. The van der Waals surface area contributed by atoms with Gasteiger partial charge in [-0.2, -0.15) is 0 Å². The summed E-state index contributed by atoms with van der Waals surface area (Å²) in [6.07, 6.45) is 8.08. The quantitative estimate of drug-likeness (QED) is 0.221. The van der Waals surface area contributed by atoms with Crippen molar-refractivity contribution in [3.05, 3.63) is 149 Å². The van der Waals surface area contributed by atoms with Gasteiger partial charge >= 0.3 is 0 Å². The number of nitrogens with zero attached hydrogens (tertiary/aromatic N) is 1. The van der Waals surface area contributed by atoms with E-state index in [0.717, 1.165) is 39.3 Å². The van der Waals surface area contributed by atoms with Gasteiger partial charge in [0.15, 0.2) is 0 Å². The van der Waals surface area contributed by atoms with Gasteiger partial charge in [0.1, 0.15) is 11.5 Å². The summed E-state index contributed by atoms with van der Waals surface area (Å²) in [6.45, 7) is 2.09. The smallest absolute Gasteiger partial charge is 0.116 e. The Labute approximate surface area is 223 Å². The number of anilines is 3. The average Bonchev–Trinajstić information content (AvgIpc) is 2.93. The summed E-state index contributed by atoms with van der Waals surface area (Å²) in [6, 6.07) is 39.9. The third-order valence-electron chi connectivity index (χ3n) is 6.27. The zero-order valence-corrected chi connectivity index (χ0v) is 21.2. The molecule has 186 valence electrons. The van der Waals surface area contributed by atoms with Crippen LogP contribution in [0.1, 0.15) is 27.8 Å². The minimum Gasteiger partial charge on any atom is -0.508 e. The van der Waals surface area contributed by atoms with Crippen molar-refractivity contribution < 1.29 is 10.2 Å². The van der Waals surface area contributed by atoms with E-state index in [0.29, 0.717) is 0 Å². The lowest BCUT2D eigenvalue weighted by Crippen LogP contribution is -2.09. The Kier molecular flexibility index (Phi) is 7.37. The topological polar surface area (TPSA) is 43.7 Å². The molecule has 0 aliphatic heterocycles. The third kappa shape index (κ3) is 6.21. The maximum atomic E-state index is 9.70. The lowest BCUT2D eigenvalue weighted by atomic mass is 10.1. The van der Waals surface area contributed by atoms with Crippen LogP contribution in [-0.4, -0.2) is 10.2 Å². The lowest BCUT2D eigenvalue weighted by molar-refractivity contribution is 0.474. The molecule has 5 aromatic rings. The van der Waals surface area contributed by atoms with Crippen LogP contribution in [0.2, 0.25) is 0 Å². The lowest BCUT2D eigenvalue weighted by Gasteiger charge is -2.26.